The Morgan fingerprint density at radius 3 is 2.38 bits per heavy atom. The fourth-order valence-electron chi connectivity index (χ4n) is 3.36. The van der Waals surface area contributed by atoms with Crippen LogP contribution >= 0.6 is 24.0 Å². The van der Waals surface area contributed by atoms with Crippen LogP contribution in [0.1, 0.15) is 44.6 Å². The normalized spacial score (nSPS) is 17.3. The molecule has 1 aromatic rings. The van der Waals surface area contributed by atoms with Gasteiger partial charge < -0.3 is 15.7 Å². The summed E-state index contributed by atoms with van der Waals surface area (Å²) >= 11 is 0. The van der Waals surface area contributed by atoms with Crippen LogP contribution in [0.2, 0.25) is 0 Å². The highest BCUT2D eigenvalue weighted by atomic mass is 127. The van der Waals surface area contributed by atoms with E-state index in [1.165, 1.54) is 32.4 Å². The summed E-state index contributed by atoms with van der Waals surface area (Å²) in [6, 6.07) is 10.1. The molecular formula is C20H35IN4O. The molecule has 1 unspecified atom stereocenters. The Bertz CT molecular complexity index is 530. The van der Waals surface area contributed by atoms with E-state index in [1.807, 2.05) is 18.2 Å². The van der Waals surface area contributed by atoms with E-state index in [-0.39, 0.29) is 42.0 Å². The summed E-state index contributed by atoms with van der Waals surface area (Å²) in [5.41, 5.74) is 1.25. The van der Waals surface area contributed by atoms with Crippen LogP contribution in [0.4, 0.5) is 0 Å². The van der Waals surface area contributed by atoms with Crippen molar-refractivity contribution in [3.63, 3.8) is 0 Å². The molecule has 0 bridgehead atoms. The van der Waals surface area contributed by atoms with Gasteiger partial charge in [0.15, 0.2) is 5.96 Å². The largest absolute Gasteiger partial charge is 0.396 e. The van der Waals surface area contributed by atoms with E-state index in [0.717, 1.165) is 18.1 Å². The zero-order chi connectivity index (χ0) is 18.1. The summed E-state index contributed by atoms with van der Waals surface area (Å²) in [4.78, 5) is 6.90. The maximum absolute atomic E-state index is 9.69. The van der Waals surface area contributed by atoms with E-state index in [2.05, 4.69) is 46.5 Å². The monoisotopic (exact) mass is 474 g/mol. The Kier molecular flexibility index (Phi) is 10.5. The Balaban J connectivity index is 0.00000338. The molecule has 1 aromatic carbocycles. The van der Waals surface area contributed by atoms with Crippen molar-refractivity contribution in [3.8, 4) is 0 Å². The van der Waals surface area contributed by atoms with Gasteiger partial charge in [0.1, 0.15) is 0 Å². The van der Waals surface area contributed by atoms with Crippen LogP contribution in [0, 0.1) is 0 Å². The molecule has 0 aliphatic carbocycles. The Morgan fingerprint density at radius 1 is 1.15 bits per heavy atom. The van der Waals surface area contributed by atoms with Gasteiger partial charge in [-0.2, -0.15) is 0 Å². The van der Waals surface area contributed by atoms with E-state index in [1.54, 1.807) is 7.05 Å². The van der Waals surface area contributed by atoms with Crippen molar-refractivity contribution in [2.45, 2.75) is 44.6 Å². The van der Waals surface area contributed by atoms with Crippen LogP contribution in [0.3, 0.4) is 0 Å². The maximum atomic E-state index is 9.69. The van der Waals surface area contributed by atoms with Gasteiger partial charge in [0.25, 0.3) is 0 Å². The minimum atomic E-state index is 0. The van der Waals surface area contributed by atoms with Gasteiger partial charge in [-0.1, -0.05) is 36.8 Å². The van der Waals surface area contributed by atoms with Crippen molar-refractivity contribution in [2.75, 3.05) is 39.8 Å². The number of aliphatic hydroxyl groups is 1. The molecule has 1 fully saturated rings. The third kappa shape index (κ3) is 7.04. The molecule has 1 saturated heterocycles. The number of likely N-dealkylation sites (tertiary alicyclic amines) is 1. The molecule has 2 rings (SSSR count). The number of nitrogens with one attached hydrogen (secondary N) is 2. The van der Waals surface area contributed by atoms with Gasteiger partial charge in [-0.3, -0.25) is 9.89 Å². The van der Waals surface area contributed by atoms with Crippen molar-refractivity contribution in [1.82, 2.24) is 15.5 Å². The van der Waals surface area contributed by atoms with Crippen LogP contribution < -0.4 is 10.6 Å². The zero-order valence-electron chi connectivity index (χ0n) is 16.4. The van der Waals surface area contributed by atoms with Crippen molar-refractivity contribution in [3.05, 3.63) is 35.9 Å². The van der Waals surface area contributed by atoms with E-state index >= 15 is 0 Å². The molecule has 1 aliphatic rings. The van der Waals surface area contributed by atoms with Crippen LogP contribution in [-0.2, 0) is 0 Å². The molecule has 0 radical (unpaired) electrons. The lowest BCUT2D eigenvalue weighted by atomic mass is 9.98. The number of aliphatic imine (C=N–C) groups is 1. The second kappa shape index (κ2) is 11.8. The lowest BCUT2D eigenvalue weighted by Gasteiger charge is -2.41. The Morgan fingerprint density at radius 2 is 1.81 bits per heavy atom. The molecule has 5 nitrogen and oxygen atoms in total. The topological polar surface area (TPSA) is 59.9 Å². The highest BCUT2D eigenvalue weighted by Gasteiger charge is 2.27. The van der Waals surface area contributed by atoms with Crippen molar-refractivity contribution in [1.29, 1.82) is 0 Å². The first-order valence-corrected chi connectivity index (χ1v) is 9.42. The average molecular weight is 474 g/mol. The molecule has 1 heterocycles. The summed E-state index contributed by atoms with van der Waals surface area (Å²) in [5.74, 6) is 0.856. The molecule has 0 spiro atoms. The number of aliphatic hydroxyl groups excluding tert-OH is 1. The third-order valence-electron chi connectivity index (χ3n) is 5.13. The standard InChI is InChI=1S/C20H34N4O.HI/c1-20(2,24-12-8-5-9-13-24)16-23-19(21-3)22-14-18(15-25)17-10-6-4-7-11-17;/h4,6-7,10-11,18,25H,5,8-9,12-16H2,1-3H3,(H2,21,22,23);1H. The quantitative estimate of drug-likeness (QED) is 0.323. The van der Waals surface area contributed by atoms with E-state index in [0.29, 0.717) is 6.54 Å². The second-order valence-corrected chi connectivity index (χ2v) is 7.46. The number of hydrogen-bond donors (Lipinski definition) is 3. The third-order valence-corrected chi connectivity index (χ3v) is 5.13. The van der Waals surface area contributed by atoms with Gasteiger partial charge in [-0.15, -0.1) is 24.0 Å². The number of rotatable bonds is 7. The fourth-order valence-corrected chi connectivity index (χ4v) is 3.36. The molecule has 0 amide bonds. The van der Waals surface area contributed by atoms with Gasteiger partial charge in [-0.05, 0) is 45.3 Å². The lowest BCUT2D eigenvalue weighted by Crippen LogP contribution is -2.55. The maximum Gasteiger partial charge on any atom is 0.191 e. The number of benzene rings is 1. The summed E-state index contributed by atoms with van der Waals surface area (Å²) in [7, 11) is 1.79. The fraction of sp³-hybridized carbons (Fsp3) is 0.650. The molecule has 148 valence electrons. The first-order chi connectivity index (χ1) is 12.1. The minimum absolute atomic E-state index is 0. The van der Waals surface area contributed by atoms with Crippen molar-refractivity contribution in [2.24, 2.45) is 4.99 Å². The smallest absolute Gasteiger partial charge is 0.191 e. The molecule has 26 heavy (non-hydrogen) atoms. The average Bonchev–Trinajstić information content (AvgIpc) is 2.66. The SMILES string of the molecule is CN=C(NCC(CO)c1ccccc1)NCC(C)(C)N1CCCCC1.I. The van der Waals surface area contributed by atoms with Crippen molar-refractivity contribution >= 4 is 29.9 Å². The lowest BCUT2D eigenvalue weighted by molar-refractivity contribution is 0.0982. The number of piperidine rings is 1. The van der Waals surface area contributed by atoms with E-state index in [4.69, 9.17) is 0 Å². The van der Waals surface area contributed by atoms with Gasteiger partial charge in [0.05, 0.1) is 6.61 Å². The summed E-state index contributed by atoms with van der Waals surface area (Å²) in [6.07, 6.45) is 3.95. The van der Waals surface area contributed by atoms with Gasteiger partial charge in [0, 0.05) is 31.6 Å². The summed E-state index contributed by atoms with van der Waals surface area (Å²) in [6.45, 7) is 8.57. The predicted octanol–water partition coefficient (Wildman–Crippen LogP) is 2.81. The molecule has 1 aliphatic heterocycles. The predicted molar refractivity (Wildman–Crippen MR) is 121 cm³/mol. The van der Waals surface area contributed by atoms with Crippen LogP contribution in [0.15, 0.2) is 35.3 Å². The first-order valence-electron chi connectivity index (χ1n) is 9.42. The Labute approximate surface area is 175 Å². The number of nitrogens with zero attached hydrogens (tertiary/aromatic N) is 2. The molecule has 6 heteroatoms. The molecule has 0 saturated carbocycles. The molecule has 3 N–H and O–H groups in total. The van der Waals surface area contributed by atoms with Crippen LogP contribution in [-0.4, -0.2) is 61.3 Å². The number of hydrogen-bond acceptors (Lipinski definition) is 3. The molecule has 1 atom stereocenters. The van der Waals surface area contributed by atoms with E-state index in [9.17, 15) is 5.11 Å². The van der Waals surface area contributed by atoms with E-state index < -0.39 is 0 Å². The highest BCUT2D eigenvalue weighted by Crippen LogP contribution is 2.19. The van der Waals surface area contributed by atoms with Gasteiger partial charge in [-0.25, -0.2) is 0 Å². The minimum Gasteiger partial charge on any atom is -0.396 e. The summed E-state index contributed by atoms with van der Waals surface area (Å²) < 4.78 is 0. The van der Waals surface area contributed by atoms with Crippen LogP contribution in [0.5, 0.6) is 0 Å². The number of halogens is 1. The Hall–Kier alpha value is -0.860. The van der Waals surface area contributed by atoms with Gasteiger partial charge >= 0.3 is 0 Å². The summed E-state index contributed by atoms with van der Waals surface area (Å²) in [5, 5.41) is 16.5. The molecule has 0 aromatic heterocycles. The zero-order valence-corrected chi connectivity index (χ0v) is 18.7. The number of guanidine groups is 1. The van der Waals surface area contributed by atoms with Crippen molar-refractivity contribution < 1.29 is 5.11 Å². The first kappa shape index (κ1) is 23.2. The second-order valence-electron chi connectivity index (χ2n) is 7.46. The van der Waals surface area contributed by atoms with Gasteiger partial charge in [0.2, 0.25) is 0 Å². The highest BCUT2D eigenvalue weighted by molar-refractivity contribution is 14.0. The molecular weight excluding hydrogens is 439 g/mol. The van der Waals surface area contributed by atoms with Crippen LogP contribution in [0.25, 0.3) is 0 Å².